The van der Waals surface area contributed by atoms with Gasteiger partial charge in [-0.25, -0.2) is 0 Å². The van der Waals surface area contributed by atoms with E-state index in [4.69, 9.17) is 5.73 Å². The molecule has 0 aliphatic heterocycles. The van der Waals surface area contributed by atoms with Crippen LogP contribution in [0.5, 0.6) is 0 Å². The molecule has 2 rings (SSSR count). The van der Waals surface area contributed by atoms with Gasteiger partial charge in [0.25, 0.3) is 0 Å². The van der Waals surface area contributed by atoms with Crippen LogP contribution in [0.3, 0.4) is 0 Å². The van der Waals surface area contributed by atoms with Crippen molar-refractivity contribution in [3.63, 3.8) is 0 Å². The highest BCUT2D eigenvalue weighted by Gasteiger charge is 2.19. The molecule has 112 valence electrons. The Morgan fingerprint density at radius 2 is 1.62 bits per heavy atom. The van der Waals surface area contributed by atoms with Crippen LogP contribution in [0.4, 0.5) is 0 Å². The van der Waals surface area contributed by atoms with Crippen LogP contribution >= 0.6 is 0 Å². The van der Waals surface area contributed by atoms with Crippen molar-refractivity contribution in [1.82, 2.24) is 0 Å². The standard InChI is InChI=1S/C18H23NOS/c1-18(2,3)21(20)13-14-8-10-15(11-9-14)17-7-5-4-6-16(17)12-19/h4-11H,12-13,19H2,1-3H3. The van der Waals surface area contributed by atoms with Gasteiger partial charge in [0.05, 0.1) is 0 Å². The molecule has 2 nitrogen and oxygen atoms in total. The largest absolute Gasteiger partial charge is 0.326 e. The van der Waals surface area contributed by atoms with E-state index >= 15 is 0 Å². The van der Waals surface area contributed by atoms with Crippen LogP contribution in [0, 0.1) is 0 Å². The van der Waals surface area contributed by atoms with Crippen molar-refractivity contribution in [2.24, 2.45) is 5.73 Å². The Bertz CT molecular complexity index is 626. The number of rotatable bonds is 4. The fraction of sp³-hybridized carbons (Fsp3) is 0.333. The second-order valence-corrected chi connectivity index (χ2v) is 8.36. The van der Waals surface area contributed by atoms with Gasteiger partial charge in [0.15, 0.2) is 0 Å². The number of hydrogen-bond donors (Lipinski definition) is 1. The van der Waals surface area contributed by atoms with Crippen molar-refractivity contribution in [2.45, 2.75) is 37.8 Å². The summed E-state index contributed by atoms with van der Waals surface area (Å²) in [4.78, 5) is 0. The van der Waals surface area contributed by atoms with Crippen LogP contribution in [0.15, 0.2) is 48.5 Å². The van der Waals surface area contributed by atoms with Gasteiger partial charge in [-0.2, -0.15) is 0 Å². The van der Waals surface area contributed by atoms with E-state index in [2.05, 4.69) is 36.4 Å². The second-order valence-electron chi connectivity index (χ2n) is 6.16. The molecule has 0 fully saturated rings. The lowest BCUT2D eigenvalue weighted by Gasteiger charge is -2.17. The van der Waals surface area contributed by atoms with Crippen molar-refractivity contribution in [1.29, 1.82) is 0 Å². The highest BCUT2D eigenvalue weighted by Crippen LogP contribution is 2.24. The predicted octanol–water partition coefficient (Wildman–Crippen LogP) is 3.86. The average molecular weight is 301 g/mol. The summed E-state index contributed by atoms with van der Waals surface area (Å²) in [6.45, 7) is 6.56. The third-order valence-electron chi connectivity index (χ3n) is 3.48. The summed E-state index contributed by atoms with van der Waals surface area (Å²) < 4.78 is 12.0. The molecule has 0 aliphatic rings. The van der Waals surface area contributed by atoms with E-state index in [9.17, 15) is 4.21 Å². The minimum Gasteiger partial charge on any atom is -0.326 e. The fourth-order valence-electron chi connectivity index (χ4n) is 2.13. The normalized spacial score (nSPS) is 13.1. The summed E-state index contributed by atoms with van der Waals surface area (Å²) >= 11 is 0. The molecule has 1 unspecified atom stereocenters. The Kier molecular flexibility index (Phi) is 4.96. The van der Waals surface area contributed by atoms with Gasteiger partial charge < -0.3 is 5.73 Å². The highest BCUT2D eigenvalue weighted by atomic mass is 32.2. The van der Waals surface area contributed by atoms with Gasteiger partial charge in [-0.1, -0.05) is 48.5 Å². The molecule has 0 radical (unpaired) electrons. The van der Waals surface area contributed by atoms with Gasteiger partial charge in [-0.15, -0.1) is 0 Å². The van der Waals surface area contributed by atoms with E-state index < -0.39 is 10.8 Å². The Morgan fingerprint density at radius 1 is 1.00 bits per heavy atom. The molecule has 2 aromatic rings. The number of benzene rings is 2. The van der Waals surface area contributed by atoms with Gasteiger partial charge >= 0.3 is 0 Å². The van der Waals surface area contributed by atoms with Crippen LogP contribution in [0.2, 0.25) is 0 Å². The van der Waals surface area contributed by atoms with E-state index in [-0.39, 0.29) is 4.75 Å². The summed E-state index contributed by atoms with van der Waals surface area (Å²) in [5.74, 6) is 0.600. The maximum Gasteiger partial charge on any atom is 0.0490 e. The topological polar surface area (TPSA) is 43.1 Å². The lowest BCUT2D eigenvalue weighted by molar-refractivity contribution is 0.648. The van der Waals surface area contributed by atoms with E-state index in [0.29, 0.717) is 12.3 Å². The first-order chi connectivity index (χ1) is 9.91. The molecular formula is C18H23NOS. The molecular weight excluding hydrogens is 278 g/mol. The molecule has 2 aromatic carbocycles. The van der Waals surface area contributed by atoms with Crippen LogP contribution in [-0.2, 0) is 23.1 Å². The van der Waals surface area contributed by atoms with Crippen LogP contribution in [-0.4, -0.2) is 8.96 Å². The van der Waals surface area contributed by atoms with Gasteiger partial charge in [-0.05, 0) is 43.0 Å². The van der Waals surface area contributed by atoms with Crippen molar-refractivity contribution < 1.29 is 4.21 Å². The molecule has 0 bridgehead atoms. The molecule has 0 aliphatic carbocycles. The third kappa shape index (κ3) is 4.02. The van der Waals surface area contributed by atoms with E-state index in [1.807, 2.05) is 32.9 Å². The number of nitrogens with two attached hydrogens (primary N) is 1. The summed E-state index contributed by atoms with van der Waals surface area (Å²) in [7, 11) is -0.865. The smallest absolute Gasteiger partial charge is 0.0490 e. The Morgan fingerprint density at radius 3 is 2.19 bits per heavy atom. The maximum atomic E-state index is 12.2. The molecule has 21 heavy (non-hydrogen) atoms. The van der Waals surface area contributed by atoms with Crippen LogP contribution in [0.25, 0.3) is 11.1 Å². The molecule has 2 N–H and O–H groups in total. The predicted molar refractivity (Wildman–Crippen MR) is 91.4 cm³/mol. The van der Waals surface area contributed by atoms with Crippen LogP contribution < -0.4 is 5.73 Å². The molecule has 0 saturated carbocycles. The Hall–Kier alpha value is -1.45. The van der Waals surface area contributed by atoms with E-state index in [0.717, 1.165) is 16.7 Å². The van der Waals surface area contributed by atoms with Gasteiger partial charge in [-0.3, -0.25) is 4.21 Å². The van der Waals surface area contributed by atoms with Crippen molar-refractivity contribution in [3.05, 3.63) is 59.7 Å². The average Bonchev–Trinajstić information content (AvgIpc) is 2.47. The molecule has 0 amide bonds. The van der Waals surface area contributed by atoms with Crippen LogP contribution in [0.1, 0.15) is 31.9 Å². The molecule has 0 spiro atoms. The minimum atomic E-state index is -0.865. The highest BCUT2D eigenvalue weighted by molar-refractivity contribution is 7.85. The molecule has 0 saturated heterocycles. The molecule has 1 atom stereocenters. The van der Waals surface area contributed by atoms with Gasteiger partial charge in [0.2, 0.25) is 0 Å². The minimum absolute atomic E-state index is 0.176. The zero-order valence-corrected chi connectivity index (χ0v) is 13.7. The first-order valence-electron chi connectivity index (χ1n) is 7.17. The Labute approximate surface area is 129 Å². The van der Waals surface area contributed by atoms with Crippen molar-refractivity contribution >= 4 is 10.8 Å². The quantitative estimate of drug-likeness (QED) is 0.932. The van der Waals surface area contributed by atoms with Gasteiger partial charge in [0, 0.05) is 27.8 Å². The second kappa shape index (κ2) is 6.54. The lowest BCUT2D eigenvalue weighted by Crippen LogP contribution is -2.22. The summed E-state index contributed by atoms with van der Waals surface area (Å²) in [6, 6.07) is 16.5. The first kappa shape index (κ1) is 15.9. The third-order valence-corrected chi connectivity index (χ3v) is 5.44. The lowest BCUT2D eigenvalue weighted by atomic mass is 9.99. The number of hydrogen-bond acceptors (Lipinski definition) is 2. The van der Waals surface area contributed by atoms with Crippen molar-refractivity contribution in [2.75, 3.05) is 0 Å². The zero-order valence-electron chi connectivity index (χ0n) is 12.9. The fourth-order valence-corrected chi connectivity index (χ4v) is 3.06. The van der Waals surface area contributed by atoms with E-state index in [1.165, 1.54) is 5.56 Å². The molecule has 0 aromatic heterocycles. The summed E-state index contributed by atoms with van der Waals surface area (Å²) in [6.07, 6.45) is 0. The summed E-state index contributed by atoms with van der Waals surface area (Å²) in [5, 5.41) is 0. The zero-order chi connectivity index (χ0) is 15.5. The van der Waals surface area contributed by atoms with E-state index in [1.54, 1.807) is 0 Å². The maximum absolute atomic E-state index is 12.2. The SMILES string of the molecule is CC(C)(C)S(=O)Cc1ccc(-c2ccccc2CN)cc1. The molecule has 0 heterocycles. The van der Waals surface area contributed by atoms with Crippen molar-refractivity contribution in [3.8, 4) is 11.1 Å². The first-order valence-corrected chi connectivity index (χ1v) is 8.49. The Balaban J connectivity index is 2.21. The monoisotopic (exact) mass is 301 g/mol. The van der Waals surface area contributed by atoms with Gasteiger partial charge in [0.1, 0.15) is 0 Å². The summed E-state index contributed by atoms with van der Waals surface area (Å²) in [5.41, 5.74) is 10.4. The molecule has 3 heteroatoms.